The van der Waals surface area contributed by atoms with Crippen molar-refractivity contribution in [1.29, 1.82) is 0 Å². The van der Waals surface area contributed by atoms with Crippen LogP contribution in [0.3, 0.4) is 0 Å². The zero-order valence-electron chi connectivity index (χ0n) is 17.9. The third kappa shape index (κ3) is 4.83. The molecule has 3 aromatic carbocycles. The SMILES string of the molecule is C.COc1ccc2nc3cc(Cl)ccc3c(Nc3ccc(O)c(CN4CCNCC4)c3)c2c1. The van der Waals surface area contributed by atoms with Gasteiger partial charge in [-0.15, -0.1) is 0 Å². The molecule has 0 unspecified atom stereocenters. The van der Waals surface area contributed by atoms with Gasteiger partial charge in [-0.2, -0.15) is 0 Å². The summed E-state index contributed by atoms with van der Waals surface area (Å²) < 4.78 is 5.46. The minimum atomic E-state index is 0. The van der Waals surface area contributed by atoms with Gasteiger partial charge < -0.3 is 20.5 Å². The molecule has 1 aliphatic heterocycles. The van der Waals surface area contributed by atoms with Crippen molar-refractivity contribution in [3.8, 4) is 11.5 Å². The number of hydrogen-bond donors (Lipinski definition) is 3. The Morgan fingerprint density at radius 1 is 1.03 bits per heavy atom. The van der Waals surface area contributed by atoms with E-state index in [-0.39, 0.29) is 7.43 Å². The number of nitrogens with zero attached hydrogens (tertiary/aromatic N) is 2. The van der Waals surface area contributed by atoms with Crippen molar-refractivity contribution in [1.82, 2.24) is 15.2 Å². The van der Waals surface area contributed by atoms with Crippen LogP contribution in [0.1, 0.15) is 13.0 Å². The number of methoxy groups -OCH3 is 1. The van der Waals surface area contributed by atoms with Crippen molar-refractivity contribution < 1.29 is 9.84 Å². The highest BCUT2D eigenvalue weighted by atomic mass is 35.5. The molecule has 0 radical (unpaired) electrons. The lowest BCUT2D eigenvalue weighted by atomic mass is 10.1. The molecule has 0 bridgehead atoms. The molecule has 0 saturated carbocycles. The van der Waals surface area contributed by atoms with Crippen molar-refractivity contribution in [2.24, 2.45) is 0 Å². The molecule has 1 aromatic heterocycles. The van der Waals surface area contributed by atoms with E-state index in [1.165, 1.54) is 0 Å². The van der Waals surface area contributed by atoms with Gasteiger partial charge in [-0.3, -0.25) is 4.90 Å². The van der Waals surface area contributed by atoms with E-state index in [9.17, 15) is 5.11 Å². The first-order valence-electron chi connectivity index (χ1n) is 10.7. The fourth-order valence-electron chi connectivity index (χ4n) is 4.20. The Balaban J connectivity index is 0.00000259. The number of benzene rings is 3. The van der Waals surface area contributed by atoms with Crippen molar-refractivity contribution in [3.63, 3.8) is 0 Å². The molecule has 1 fully saturated rings. The summed E-state index contributed by atoms with van der Waals surface area (Å²) in [5.41, 5.74) is 4.40. The number of fused-ring (bicyclic) bond motifs is 2. The number of pyridine rings is 1. The summed E-state index contributed by atoms with van der Waals surface area (Å²) >= 11 is 6.24. The van der Waals surface area contributed by atoms with E-state index >= 15 is 0 Å². The second-order valence-corrected chi connectivity index (χ2v) is 8.46. The van der Waals surface area contributed by atoms with Gasteiger partial charge in [0.05, 0.1) is 23.8 Å². The molecule has 2 heterocycles. The highest BCUT2D eigenvalue weighted by molar-refractivity contribution is 6.31. The summed E-state index contributed by atoms with van der Waals surface area (Å²) in [5, 5.41) is 20.0. The summed E-state index contributed by atoms with van der Waals surface area (Å²) in [6.45, 7) is 4.59. The Morgan fingerprint density at radius 2 is 1.85 bits per heavy atom. The van der Waals surface area contributed by atoms with Crippen LogP contribution in [0.15, 0.2) is 54.6 Å². The fraction of sp³-hybridized carbons (Fsp3) is 0.269. The molecule has 3 N–H and O–H groups in total. The van der Waals surface area contributed by atoms with Gasteiger partial charge in [-0.1, -0.05) is 19.0 Å². The molecule has 33 heavy (non-hydrogen) atoms. The van der Waals surface area contributed by atoms with E-state index in [1.807, 2.05) is 48.5 Å². The maximum atomic E-state index is 10.5. The molecule has 0 atom stereocenters. The minimum Gasteiger partial charge on any atom is -0.508 e. The van der Waals surface area contributed by atoms with Gasteiger partial charge in [0.25, 0.3) is 0 Å². The average Bonchev–Trinajstić information content (AvgIpc) is 2.81. The van der Waals surface area contributed by atoms with Crippen LogP contribution in [-0.2, 0) is 6.54 Å². The first-order valence-corrected chi connectivity index (χ1v) is 11.1. The number of aromatic nitrogens is 1. The standard InChI is InChI=1S/C25H25ClN4O2.CH4/c1-32-19-4-6-22-21(14-19)25(20-5-2-17(26)13-23(20)29-22)28-18-3-7-24(31)16(12-18)15-30-10-8-27-9-11-30;/h2-7,12-14,27,31H,8-11,15H2,1H3,(H,28,29);1H4. The number of phenolic OH excluding ortho intramolecular Hbond substituents is 1. The minimum absolute atomic E-state index is 0. The summed E-state index contributed by atoms with van der Waals surface area (Å²) in [6, 6.07) is 17.2. The van der Waals surface area contributed by atoms with E-state index in [0.717, 1.165) is 70.7 Å². The summed E-state index contributed by atoms with van der Waals surface area (Å²) in [4.78, 5) is 7.14. The number of aromatic hydroxyl groups is 1. The molecular weight excluding hydrogens is 436 g/mol. The lowest BCUT2D eigenvalue weighted by molar-refractivity contribution is 0.230. The van der Waals surface area contributed by atoms with Gasteiger partial charge >= 0.3 is 0 Å². The summed E-state index contributed by atoms with van der Waals surface area (Å²) in [6.07, 6.45) is 0. The van der Waals surface area contributed by atoms with Crippen LogP contribution in [-0.4, -0.2) is 48.3 Å². The molecule has 0 spiro atoms. The highest BCUT2D eigenvalue weighted by Crippen LogP contribution is 2.36. The molecule has 172 valence electrons. The van der Waals surface area contributed by atoms with Crippen molar-refractivity contribution >= 4 is 44.8 Å². The molecule has 6 nitrogen and oxygen atoms in total. The molecule has 5 rings (SSSR count). The maximum Gasteiger partial charge on any atom is 0.120 e. The monoisotopic (exact) mass is 464 g/mol. The van der Waals surface area contributed by atoms with E-state index in [2.05, 4.69) is 15.5 Å². The van der Waals surface area contributed by atoms with Crippen LogP contribution in [0.25, 0.3) is 21.8 Å². The van der Waals surface area contributed by atoms with Gasteiger partial charge in [0.1, 0.15) is 11.5 Å². The zero-order valence-corrected chi connectivity index (χ0v) is 18.6. The molecular formula is C26H29ClN4O2. The molecule has 1 saturated heterocycles. The van der Waals surface area contributed by atoms with E-state index in [1.54, 1.807) is 13.2 Å². The van der Waals surface area contributed by atoms with Crippen LogP contribution >= 0.6 is 11.6 Å². The van der Waals surface area contributed by atoms with E-state index < -0.39 is 0 Å². The Morgan fingerprint density at radius 3 is 2.64 bits per heavy atom. The van der Waals surface area contributed by atoms with Gasteiger partial charge in [-0.05, 0) is 54.6 Å². The topological polar surface area (TPSA) is 69.6 Å². The van der Waals surface area contributed by atoms with Crippen LogP contribution in [0, 0.1) is 0 Å². The first kappa shape index (κ1) is 23.1. The van der Waals surface area contributed by atoms with Crippen molar-refractivity contribution in [3.05, 3.63) is 65.2 Å². The van der Waals surface area contributed by atoms with Crippen molar-refractivity contribution in [2.75, 3.05) is 38.6 Å². The second-order valence-electron chi connectivity index (χ2n) is 8.03. The normalized spacial score (nSPS) is 14.2. The van der Waals surface area contributed by atoms with Gasteiger partial charge in [0.2, 0.25) is 0 Å². The maximum absolute atomic E-state index is 10.5. The fourth-order valence-corrected chi connectivity index (χ4v) is 4.37. The number of piperazine rings is 1. The van der Waals surface area contributed by atoms with E-state index in [4.69, 9.17) is 21.3 Å². The average molecular weight is 465 g/mol. The predicted molar refractivity (Wildman–Crippen MR) is 137 cm³/mol. The van der Waals surface area contributed by atoms with Gasteiger partial charge in [-0.25, -0.2) is 4.98 Å². The summed E-state index contributed by atoms with van der Waals surface area (Å²) in [5.74, 6) is 1.08. The number of rotatable bonds is 5. The van der Waals surface area contributed by atoms with Crippen molar-refractivity contribution in [2.45, 2.75) is 14.0 Å². The molecule has 1 aliphatic rings. The lowest BCUT2D eigenvalue weighted by Crippen LogP contribution is -2.42. The quantitative estimate of drug-likeness (QED) is 0.266. The Hall–Kier alpha value is -3.06. The first-order chi connectivity index (χ1) is 15.6. The number of ether oxygens (including phenoxy) is 1. The lowest BCUT2D eigenvalue weighted by Gasteiger charge is -2.27. The zero-order chi connectivity index (χ0) is 22.1. The number of anilines is 2. The molecule has 4 aromatic rings. The number of hydrogen-bond acceptors (Lipinski definition) is 6. The predicted octanol–water partition coefficient (Wildman–Crippen LogP) is 5.54. The Bertz CT molecular complexity index is 1290. The third-order valence-electron chi connectivity index (χ3n) is 5.90. The third-order valence-corrected chi connectivity index (χ3v) is 6.13. The summed E-state index contributed by atoms with van der Waals surface area (Å²) in [7, 11) is 1.66. The van der Waals surface area contributed by atoms with Gasteiger partial charge in [0.15, 0.2) is 0 Å². The molecule has 0 amide bonds. The van der Waals surface area contributed by atoms with Crippen LogP contribution in [0.5, 0.6) is 11.5 Å². The van der Waals surface area contributed by atoms with E-state index in [0.29, 0.717) is 17.3 Å². The molecule has 0 aliphatic carbocycles. The number of halogens is 1. The number of phenols is 1. The van der Waals surface area contributed by atoms with Crippen LogP contribution in [0.4, 0.5) is 11.4 Å². The Kier molecular flexibility index (Phi) is 6.88. The number of nitrogens with one attached hydrogen (secondary N) is 2. The van der Waals surface area contributed by atoms with Crippen LogP contribution < -0.4 is 15.4 Å². The largest absolute Gasteiger partial charge is 0.508 e. The van der Waals surface area contributed by atoms with Gasteiger partial charge in [0, 0.05) is 59.8 Å². The van der Waals surface area contributed by atoms with Crippen LogP contribution in [0.2, 0.25) is 5.02 Å². The highest BCUT2D eigenvalue weighted by Gasteiger charge is 2.15. The smallest absolute Gasteiger partial charge is 0.120 e. The second kappa shape index (κ2) is 9.83. The molecule has 7 heteroatoms. The Labute approximate surface area is 199 Å².